The number of rotatable bonds is 6. The molecule has 0 aliphatic carbocycles. The van der Waals surface area contributed by atoms with Crippen molar-refractivity contribution in [3.05, 3.63) is 62.9 Å². The Bertz CT molecular complexity index is 727. The van der Waals surface area contributed by atoms with Gasteiger partial charge in [0.2, 0.25) is 0 Å². The molecule has 1 amide bonds. The smallest absolute Gasteiger partial charge is 0.269 e. The molecule has 0 aliphatic rings. The third kappa shape index (κ3) is 4.13. The van der Waals surface area contributed by atoms with E-state index in [0.717, 1.165) is 5.69 Å². The van der Waals surface area contributed by atoms with Crippen molar-refractivity contribution in [1.82, 2.24) is 10.3 Å². The number of amides is 1. The maximum absolute atomic E-state index is 11.9. The third-order valence-electron chi connectivity index (χ3n) is 2.88. The lowest BCUT2D eigenvalue weighted by molar-refractivity contribution is -0.384. The molecule has 2 aromatic rings. The molecule has 0 saturated heterocycles. The van der Waals surface area contributed by atoms with Gasteiger partial charge in [-0.2, -0.15) is 0 Å². The summed E-state index contributed by atoms with van der Waals surface area (Å²) in [6, 6.07) is 9.44. The highest BCUT2D eigenvalue weighted by molar-refractivity contribution is 7.71. The van der Waals surface area contributed by atoms with Crippen LogP contribution in [0.15, 0.2) is 42.6 Å². The highest BCUT2D eigenvalue weighted by Gasteiger charge is 2.06. The predicted octanol–water partition coefficient (Wildman–Crippen LogP) is 2.49. The van der Waals surface area contributed by atoms with E-state index in [1.807, 2.05) is 0 Å². The molecule has 2 rings (SSSR count). The number of nitro benzene ring substituents is 1. The van der Waals surface area contributed by atoms with E-state index >= 15 is 0 Å². The molecule has 1 aromatic heterocycles. The number of non-ortho nitro benzene ring substituents is 1. The molecule has 0 unspecified atom stereocenters. The summed E-state index contributed by atoms with van der Waals surface area (Å²) in [4.78, 5) is 24.8. The van der Waals surface area contributed by atoms with E-state index < -0.39 is 4.92 Å². The van der Waals surface area contributed by atoms with E-state index in [0.29, 0.717) is 23.3 Å². The van der Waals surface area contributed by atoms with Crippen LogP contribution in [-0.2, 0) is 0 Å². The van der Waals surface area contributed by atoms with Crippen molar-refractivity contribution in [3.8, 4) is 0 Å². The number of H-pyrrole nitrogens is 1. The Morgan fingerprint density at radius 3 is 2.59 bits per heavy atom. The number of hydrogen-bond acceptors (Lipinski definition) is 5. The number of nitrogens with zero attached hydrogens (tertiary/aromatic N) is 1. The van der Waals surface area contributed by atoms with Crippen molar-refractivity contribution < 1.29 is 9.72 Å². The highest BCUT2D eigenvalue weighted by Crippen LogP contribution is 2.14. The van der Waals surface area contributed by atoms with Crippen LogP contribution >= 0.6 is 12.2 Å². The fourth-order valence-electron chi connectivity index (χ4n) is 1.78. The lowest BCUT2D eigenvalue weighted by Crippen LogP contribution is -2.29. The first-order chi connectivity index (χ1) is 10.6. The summed E-state index contributed by atoms with van der Waals surface area (Å²) in [5, 5.41) is 16.3. The van der Waals surface area contributed by atoms with E-state index in [2.05, 4.69) is 15.6 Å². The molecule has 0 spiro atoms. The number of carbonyl (C=O) groups is 1. The van der Waals surface area contributed by atoms with Crippen LogP contribution in [0.25, 0.3) is 0 Å². The normalized spacial score (nSPS) is 10.0. The first-order valence-corrected chi connectivity index (χ1v) is 6.93. The molecule has 22 heavy (non-hydrogen) atoms. The fraction of sp³-hybridized carbons (Fsp3) is 0.143. The van der Waals surface area contributed by atoms with Crippen LogP contribution in [0.2, 0.25) is 0 Å². The van der Waals surface area contributed by atoms with Crippen LogP contribution in [0, 0.1) is 14.8 Å². The highest BCUT2D eigenvalue weighted by atomic mass is 32.1. The summed E-state index contributed by atoms with van der Waals surface area (Å²) in [5.41, 5.74) is 1.21. The molecule has 3 N–H and O–H groups in total. The SMILES string of the molecule is O=C(NCCNc1ccc([N+](=O)[O-])cc1)c1ccc[nH]c1=S. The minimum absolute atomic E-state index is 0.0390. The van der Waals surface area contributed by atoms with Gasteiger partial charge in [-0.25, -0.2) is 0 Å². The van der Waals surface area contributed by atoms with Crippen LogP contribution in [-0.4, -0.2) is 28.9 Å². The van der Waals surface area contributed by atoms with Gasteiger partial charge in [0.15, 0.2) is 0 Å². The Morgan fingerprint density at radius 1 is 1.23 bits per heavy atom. The predicted molar refractivity (Wildman–Crippen MR) is 85.5 cm³/mol. The van der Waals surface area contributed by atoms with E-state index in [4.69, 9.17) is 12.2 Å². The molecule has 0 bridgehead atoms. The number of anilines is 1. The van der Waals surface area contributed by atoms with Crippen molar-refractivity contribution in [2.45, 2.75) is 0 Å². The van der Waals surface area contributed by atoms with Crippen molar-refractivity contribution in [2.24, 2.45) is 0 Å². The maximum Gasteiger partial charge on any atom is 0.269 e. The standard InChI is InChI=1S/C14H14N4O3S/c19-13(12-2-1-7-17-14(12)22)16-9-8-15-10-3-5-11(6-4-10)18(20)21/h1-7,15H,8-9H2,(H,16,19)(H,17,22). The number of pyridine rings is 1. The van der Waals surface area contributed by atoms with E-state index in [1.54, 1.807) is 30.5 Å². The molecule has 1 aromatic carbocycles. The van der Waals surface area contributed by atoms with Crippen LogP contribution < -0.4 is 10.6 Å². The summed E-state index contributed by atoms with van der Waals surface area (Å²) in [5.74, 6) is -0.243. The van der Waals surface area contributed by atoms with Crippen LogP contribution in [0.5, 0.6) is 0 Å². The number of carbonyl (C=O) groups excluding carboxylic acids is 1. The lowest BCUT2D eigenvalue weighted by atomic mass is 10.2. The minimum Gasteiger partial charge on any atom is -0.383 e. The van der Waals surface area contributed by atoms with Crippen molar-refractivity contribution in [1.29, 1.82) is 0 Å². The summed E-state index contributed by atoms with van der Waals surface area (Å²) in [6.45, 7) is 0.895. The molecule has 114 valence electrons. The minimum atomic E-state index is -0.451. The van der Waals surface area contributed by atoms with Gasteiger partial charge < -0.3 is 15.6 Å². The molecular weight excluding hydrogens is 304 g/mol. The van der Waals surface area contributed by atoms with Crippen molar-refractivity contribution >= 4 is 29.5 Å². The second kappa shape index (κ2) is 7.32. The Kier molecular flexibility index (Phi) is 5.21. The summed E-state index contributed by atoms with van der Waals surface area (Å²) < 4.78 is 0.392. The van der Waals surface area contributed by atoms with Gasteiger partial charge in [-0.1, -0.05) is 12.2 Å². The first-order valence-electron chi connectivity index (χ1n) is 6.52. The van der Waals surface area contributed by atoms with Gasteiger partial charge in [-0.15, -0.1) is 0 Å². The zero-order valence-corrected chi connectivity index (χ0v) is 12.4. The Hall–Kier alpha value is -2.74. The largest absolute Gasteiger partial charge is 0.383 e. The monoisotopic (exact) mass is 318 g/mol. The molecule has 1 heterocycles. The van der Waals surface area contributed by atoms with Crippen LogP contribution in [0.1, 0.15) is 10.4 Å². The van der Waals surface area contributed by atoms with E-state index in [-0.39, 0.29) is 11.6 Å². The number of hydrogen-bond donors (Lipinski definition) is 3. The Labute approximate surface area is 131 Å². The lowest BCUT2D eigenvalue weighted by Gasteiger charge is -2.08. The molecule has 0 aliphatic heterocycles. The van der Waals surface area contributed by atoms with Crippen molar-refractivity contribution in [3.63, 3.8) is 0 Å². The molecule has 0 fully saturated rings. The van der Waals surface area contributed by atoms with Gasteiger partial charge in [0.05, 0.1) is 10.5 Å². The number of benzene rings is 1. The van der Waals surface area contributed by atoms with Gasteiger partial charge in [-0.05, 0) is 24.3 Å². The third-order valence-corrected chi connectivity index (χ3v) is 3.22. The number of nitro groups is 1. The van der Waals surface area contributed by atoms with Gasteiger partial charge in [0, 0.05) is 37.1 Å². The van der Waals surface area contributed by atoms with Gasteiger partial charge in [-0.3, -0.25) is 14.9 Å². The average molecular weight is 318 g/mol. The summed E-state index contributed by atoms with van der Waals surface area (Å²) in [6.07, 6.45) is 1.66. The topological polar surface area (TPSA) is 100 Å². The number of nitrogens with one attached hydrogen (secondary N) is 3. The first kappa shape index (κ1) is 15.6. The van der Waals surface area contributed by atoms with Crippen molar-refractivity contribution in [2.75, 3.05) is 18.4 Å². The maximum atomic E-state index is 11.9. The summed E-state index contributed by atoms with van der Waals surface area (Å²) >= 11 is 5.03. The number of aromatic nitrogens is 1. The van der Waals surface area contributed by atoms with E-state index in [1.165, 1.54) is 12.1 Å². The van der Waals surface area contributed by atoms with Crippen LogP contribution in [0.4, 0.5) is 11.4 Å². The molecule has 8 heteroatoms. The van der Waals surface area contributed by atoms with Gasteiger partial charge in [0.1, 0.15) is 4.64 Å². The van der Waals surface area contributed by atoms with Crippen LogP contribution in [0.3, 0.4) is 0 Å². The average Bonchev–Trinajstić information content (AvgIpc) is 2.52. The molecule has 0 radical (unpaired) electrons. The number of aromatic amines is 1. The van der Waals surface area contributed by atoms with E-state index in [9.17, 15) is 14.9 Å². The molecule has 7 nitrogen and oxygen atoms in total. The fourth-order valence-corrected chi connectivity index (χ4v) is 2.01. The van der Waals surface area contributed by atoms with Gasteiger partial charge in [0.25, 0.3) is 11.6 Å². The quantitative estimate of drug-likeness (QED) is 0.329. The molecule has 0 atom stereocenters. The van der Waals surface area contributed by atoms with Gasteiger partial charge >= 0.3 is 0 Å². The zero-order chi connectivity index (χ0) is 15.9. The molecular formula is C14H14N4O3S. The summed E-state index contributed by atoms with van der Waals surface area (Å²) in [7, 11) is 0. The zero-order valence-electron chi connectivity index (χ0n) is 11.5. The second-order valence-corrected chi connectivity index (χ2v) is 4.81. The Morgan fingerprint density at radius 2 is 1.95 bits per heavy atom. The Balaban J connectivity index is 1.80. The second-order valence-electron chi connectivity index (χ2n) is 4.40. The molecule has 0 saturated carbocycles.